The van der Waals surface area contributed by atoms with Crippen molar-refractivity contribution in [1.29, 1.82) is 0 Å². The molecule has 0 spiro atoms. The van der Waals surface area contributed by atoms with Crippen LogP contribution in [0.4, 0.5) is 5.69 Å². The summed E-state index contributed by atoms with van der Waals surface area (Å²) in [6.07, 6.45) is 0. The number of benzene rings is 2. The fraction of sp³-hybridized carbons (Fsp3) is 0.125. The minimum absolute atomic E-state index is 0.0262. The van der Waals surface area contributed by atoms with Crippen LogP contribution in [0.3, 0.4) is 0 Å². The van der Waals surface area contributed by atoms with Crippen LogP contribution in [-0.2, 0) is 0 Å². The van der Waals surface area contributed by atoms with Crippen molar-refractivity contribution in [3.05, 3.63) is 58.7 Å². The summed E-state index contributed by atoms with van der Waals surface area (Å²) < 4.78 is 0. The Balaban J connectivity index is 2.39. The highest BCUT2D eigenvalue weighted by Gasteiger charge is 2.16. The summed E-state index contributed by atoms with van der Waals surface area (Å²) in [4.78, 5) is 23.5. The van der Waals surface area contributed by atoms with E-state index >= 15 is 0 Å². The second-order valence-corrected chi connectivity index (χ2v) is 4.81. The first-order valence-corrected chi connectivity index (χ1v) is 6.33. The third kappa shape index (κ3) is 3.20. The molecule has 2 rings (SSSR count). The molecule has 21 heavy (non-hydrogen) atoms. The van der Waals surface area contributed by atoms with Gasteiger partial charge < -0.3 is 15.5 Å². The zero-order valence-corrected chi connectivity index (χ0v) is 11.7. The van der Waals surface area contributed by atoms with Gasteiger partial charge in [-0.15, -0.1) is 0 Å². The molecule has 0 saturated heterocycles. The van der Waals surface area contributed by atoms with Gasteiger partial charge >= 0.3 is 5.97 Å². The standard InChI is InChI=1S/C16H15NO4/c1-9-6-10(2)14(13(7-9)16(20)21)17-15(19)11-4-3-5-12(18)8-11/h3-8,18H,1-2H3,(H,17,19)(H,20,21). The highest BCUT2D eigenvalue weighted by molar-refractivity contribution is 6.08. The molecule has 0 heterocycles. The first-order chi connectivity index (χ1) is 9.88. The van der Waals surface area contributed by atoms with E-state index in [4.69, 9.17) is 0 Å². The van der Waals surface area contributed by atoms with Gasteiger partial charge in [-0.25, -0.2) is 4.79 Å². The molecule has 1 amide bonds. The Bertz CT molecular complexity index is 722. The molecule has 0 aromatic heterocycles. The van der Waals surface area contributed by atoms with Gasteiger partial charge in [0, 0.05) is 5.56 Å². The van der Waals surface area contributed by atoms with E-state index in [2.05, 4.69) is 5.32 Å². The van der Waals surface area contributed by atoms with E-state index < -0.39 is 11.9 Å². The topological polar surface area (TPSA) is 86.6 Å². The third-order valence-electron chi connectivity index (χ3n) is 3.06. The van der Waals surface area contributed by atoms with Crippen molar-refractivity contribution in [2.45, 2.75) is 13.8 Å². The van der Waals surface area contributed by atoms with Crippen molar-refractivity contribution in [3.63, 3.8) is 0 Å². The number of anilines is 1. The van der Waals surface area contributed by atoms with E-state index in [1.165, 1.54) is 18.2 Å². The van der Waals surface area contributed by atoms with Crippen molar-refractivity contribution < 1.29 is 19.8 Å². The van der Waals surface area contributed by atoms with Crippen LogP contribution in [0.15, 0.2) is 36.4 Å². The van der Waals surface area contributed by atoms with Gasteiger partial charge in [-0.1, -0.05) is 12.1 Å². The van der Waals surface area contributed by atoms with Crippen molar-refractivity contribution >= 4 is 17.6 Å². The average molecular weight is 285 g/mol. The number of hydrogen-bond donors (Lipinski definition) is 3. The Morgan fingerprint density at radius 1 is 1.10 bits per heavy atom. The molecule has 5 nitrogen and oxygen atoms in total. The Morgan fingerprint density at radius 2 is 1.81 bits per heavy atom. The molecule has 0 saturated carbocycles. The number of aryl methyl sites for hydroxylation is 2. The molecular weight excluding hydrogens is 270 g/mol. The molecule has 0 atom stereocenters. The van der Waals surface area contributed by atoms with Crippen LogP contribution in [0.25, 0.3) is 0 Å². The molecule has 0 aliphatic carbocycles. The summed E-state index contributed by atoms with van der Waals surface area (Å²) in [5.74, 6) is -1.60. The third-order valence-corrected chi connectivity index (χ3v) is 3.06. The number of carboxylic acids is 1. The van der Waals surface area contributed by atoms with Crippen molar-refractivity contribution in [1.82, 2.24) is 0 Å². The minimum atomic E-state index is -1.10. The predicted octanol–water partition coefficient (Wildman–Crippen LogP) is 2.96. The van der Waals surface area contributed by atoms with E-state index in [1.54, 1.807) is 32.0 Å². The maximum atomic E-state index is 12.2. The molecule has 2 aromatic carbocycles. The van der Waals surface area contributed by atoms with Gasteiger partial charge in [0.2, 0.25) is 0 Å². The Morgan fingerprint density at radius 3 is 2.43 bits per heavy atom. The predicted molar refractivity (Wildman–Crippen MR) is 78.9 cm³/mol. The lowest BCUT2D eigenvalue weighted by Crippen LogP contribution is -2.16. The summed E-state index contributed by atoms with van der Waals surface area (Å²) in [5, 5.41) is 21.2. The van der Waals surface area contributed by atoms with Gasteiger partial charge in [-0.3, -0.25) is 4.79 Å². The maximum absolute atomic E-state index is 12.2. The number of aromatic carboxylic acids is 1. The number of nitrogens with one attached hydrogen (secondary N) is 1. The van der Waals surface area contributed by atoms with Gasteiger partial charge in [-0.2, -0.15) is 0 Å². The van der Waals surface area contributed by atoms with Crippen LogP contribution < -0.4 is 5.32 Å². The molecule has 3 N–H and O–H groups in total. The van der Waals surface area contributed by atoms with E-state index in [9.17, 15) is 19.8 Å². The lowest BCUT2D eigenvalue weighted by Gasteiger charge is -2.13. The smallest absolute Gasteiger partial charge is 0.337 e. The summed E-state index contributed by atoms with van der Waals surface area (Å²) >= 11 is 0. The summed E-state index contributed by atoms with van der Waals surface area (Å²) in [6, 6.07) is 9.16. The number of aromatic hydroxyl groups is 1. The van der Waals surface area contributed by atoms with Gasteiger partial charge in [-0.05, 0) is 49.2 Å². The van der Waals surface area contributed by atoms with Gasteiger partial charge in [0.05, 0.1) is 11.3 Å². The number of hydrogen-bond acceptors (Lipinski definition) is 3. The van der Waals surface area contributed by atoms with E-state index in [0.717, 1.165) is 5.56 Å². The molecule has 0 radical (unpaired) electrons. The largest absolute Gasteiger partial charge is 0.508 e. The fourth-order valence-electron chi connectivity index (χ4n) is 2.14. The molecule has 0 aliphatic heterocycles. The number of phenols is 1. The minimum Gasteiger partial charge on any atom is -0.508 e. The van der Waals surface area contributed by atoms with Crippen molar-refractivity contribution in [3.8, 4) is 5.75 Å². The van der Waals surface area contributed by atoms with Crippen LogP contribution in [0.2, 0.25) is 0 Å². The molecule has 5 heteroatoms. The van der Waals surface area contributed by atoms with Crippen LogP contribution in [0, 0.1) is 13.8 Å². The summed E-state index contributed by atoms with van der Waals surface area (Å²) in [5.41, 5.74) is 2.04. The normalized spacial score (nSPS) is 10.2. The second-order valence-electron chi connectivity index (χ2n) is 4.81. The maximum Gasteiger partial charge on any atom is 0.337 e. The lowest BCUT2D eigenvalue weighted by molar-refractivity contribution is 0.0698. The van der Waals surface area contributed by atoms with Crippen molar-refractivity contribution in [2.75, 3.05) is 5.32 Å². The Kier molecular flexibility index (Phi) is 3.93. The van der Waals surface area contributed by atoms with Gasteiger partial charge in [0.1, 0.15) is 5.75 Å². The van der Waals surface area contributed by atoms with Crippen LogP contribution in [0.5, 0.6) is 5.75 Å². The molecular formula is C16H15NO4. The second kappa shape index (κ2) is 5.66. The zero-order chi connectivity index (χ0) is 15.6. The van der Waals surface area contributed by atoms with E-state index in [1.807, 2.05) is 0 Å². The van der Waals surface area contributed by atoms with Gasteiger partial charge in [0.25, 0.3) is 5.91 Å². The van der Waals surface area contributed by atoms with Crippen LogP contribution in [0.1, 0.15) is 31.8 Å². The SMILES string of the molecule is Cc1cc(C)c(NC(=O)c2cccc(O)c2)c(C(=O)O)c1. The number of carbonyl (C=O) groups excluding carboxylic acids is 1. The zero-order valence-electron chi connectivity index (χ0n) is 11.7. The van der Waals surface area contributed by atoms with Crippen LogP contribution >= 0.6 is 0 Å². The quantitative estimate of drug-likeness (QED) is 0.809. The summed E-state index contributed by atoms with van der Waals surface area (Å²) in [7, 11) is 0. The number of amides is 1. The number of phenolic OH excluding ortho intramolecular Hbond substituents is 1. The van der Waals surface area contributed by atoms with E-state index in [0.29, 0.717) is 5.56 Å². The Labute approximate surface area is 121 Å². The molecule has 0 aliphatic rings. The average Bonchev–Trinajstić information content (AvgIpc) is 2.41. The molecule has 0 bridgehead atoms. The Hall–Kier alpha value is -2.82. The molecule has 0 unspecified atom stereocenters. The first kappa shape index (κ1) is 14.6. The number of rotatable bonds is 3. The lowest BCUT2D eigenvalue weighted by atomic mass is 10.0. The van der Waals surface area contributed by atoms with Crippen LogP contribution in [-0.4, -0.2) is 22.1 Å². The monoisotopic (exact) mass is 285 g/mol. The highest BCUT2D eigenvalue weighted by Crippen LogP contribution is 2.24. The first-order valence-electron chi connectivity index (χ1n) is 6.33. The van der Waals surface area contributed by atoms with Gasteiger partial charge in [0.15, 0.2) is 0 Å². The highest BCUT2D eigenvalue weighted by atomic mass is 16.4. The van der Waals surface area contributed by atoms with E-state index in [-0.39, 0.29) is 22.6 Å². The van der Waals surface area contributed by atoms with Crippen molar-refractivity contribution in [2.24, 2.45) is 0 Å². The molecule has 108 valence electrons. The number of carbonyl (C=O) groups is 2. The summed E-state index contributed by atoms with van der Waals surface area (Å²) in [6.45, 7) is 3.53. The fourth-order valence-corrected chi connectivity index (χ4v) is 2.14. The molecule has 0 fully saturated rings. The number of carboxylic acid groups (broad SMARTS) is 1. The molecule has 2 aromatic rings.